The molecule has 0 aromatic heterocycles. The van der Waals surface area contributed by atoms with Crippen molar-refractivity contribution in [2.45, 2.75) is 64.2 Å². The number of hydrogen-bond acceptors (Lipinski definition) is 4. The van der Waals surface area contributed by atoms with Crippen molar-refractivity contribution in [3.8, 4) is 0 Å². The van der Waals surface area contributed by atoms with E-state index in [2.05, 4.69) is 0 Å². The summed E-state index contributed by atoms with van der Waals surface area (Å²) in [6, 6.07) is 0. The van der Waals surface area contributed by atoms with Crippen molar-refractivity contribution in [2.24, 2.45) is 11.8 Å². The zero-order valence-corrected chi connectivity index (χ0v) is 12.8. The first-order chi connectivity index (χ1) is 10.4. The average molecular weight is 312 g/mol. The summed E-state index contributed by atoms with van der Waals surface area (Å²) in [5.74, 6) is -2.25. The lowest BCUT2D eigenvalue weighted by Crippen LogP contribution is -2.15. The molecule has 6 nitrogen and oxygen atoms in total. The highest BCUT2D eigenvalue weighted by molar-refractivity contribution is 5.84. The predicted octanol–water partition coefficient (Wildman–Crippen LogP) is 2.44. The zero-order chi connectivity index (χ0) is 16.5. The second-order valence-corrected chi connectivity index (χ2v) is 6.05. The third-order valence-electron chi connectivity index (χ3n) is 4.16. The van der Waals surface area contributed by atoms with E-state index in [4.69, 9.17) is 10.2 Å². The molecular weight excluding hydrogens is 288 g/mol. The lowest BCUT2D eigenvalue weighted by molar-refractivity contribution is -0.144. The van der Waals surface area contributed by atoms with Crippen molar-refractivity contribution in [1.29, 1.82) is 0 Å². The highest BCUT2D eigenvalue weighted by Gasteiger charge is 2.23. The highest BCUT2D eigenvalue weighted by atomic mass is 16.4. The maximum Gasteiger partial charge on any atom is 0.306 e. The maximum absolute atomic E-state index is 10.9. The van der Waals surface area contributed by atoms with Crippen LogP contribution in [-0.2, 0) is 19.2 Å². The van der Waals surface area contributed by atoms with Gasteiger partial charge in [0.2, 0.25) is 0 Å². The van der Waals surface area contributed by atoms with Crippen molar-refractivity contribution in [2.75, 3.05) is 0 Å². The van der Waals surface area contributed by atoms with Gasteiger partial charge in [-0.2, -0.15) is 0 Å². The molecule has 2 N–H and O–H groups in total. The van der Waals surface area contributed by atoms with E-state index >= 15 is 0 Å². The minimum Gasteiger partial charge on any atom is -0.481 e. The number of hydrogen-bond donors (Lipinski definition) is 2. The minimum atomic E-state index is -0.819. The van der Waals surface area contributed by atoms with Gasteiger partial charge in [0.1, 0.15) is 11.6 Å². The number of carbonyl (C=O) groups excluding carboxylic acids is 2. The second-order valence-electron chi connectivity index (χ2n) is 6.05. The van der Waals surface area contributed by atoms with E-state index in [9.17, 15) is 19.2 Å². The fourth-order valence-corrected chi connectivity index (χ4v) is 2.81. The molecule has 2 fully saturated rings. The van der Waals surface area contributed by atoms with Crippen LogP contribution in [-0.4, -0.2) is 33.7 Å². The SMILES string of the molecule is O=C1CCCCC(C(=O)O)C1.O=C1CCCCC(C(=O)O)C1. The van der Waals surface area contributed by atoms with E-state index < -0.39 is 23.8 Å². The Balaban J connectivity index is 0.000000220. The molecular formula is C16H24O6. The molecule has 0 aromatic rings. The van der Waals surface area contributed by atoms with Crippen LogP contribution in [0.15, 0.2) is 0 Å². The number of ketones is 2. The van der Waals surface area contributed by atoms with Crippen molar-refractivity contribution >= 4 is 23.5 Å². The summed E-state index contributed by atoms with van der Waals surface area (Å²) < 4.78 is 0. The fraction of sp³-hybridized carbons (Fsp3) is 0.750. The molecule has 0 amide bonds. The van der Waals surface area contributed by atoms with Gasteiger partial charge in [-0.25, -0.2) is 0 Å². The number of Topliss-reactive ketones (excluding diaryl/α,β-unsaturated/α-hetero) is 2. The highest BCUT2D eigenvalue weighted by Crippen LogP contribution is 2.21. The number of carbonyl (C=O) groups is 4. The summed E-state index contributed by atoms with van der Waals surface area (Å²) in [5, 5.41) is 17.3. The topological polar surface area (TPSA) is 109 Å². The molecule has 2 unspecified atom stereocenters. The summed E-state index contributed by atoms with van der Waals surface area (Å²) in [5.41, 5.74) is 0. The smallest absolute Gasteiger partial charge is 0.306 e. The van der Waals surface area contributed by atoms with Gasteiger partial charge in [-0.05, 0) is 25.7 Å². The van der Waals surface area contributed by atoms with Gasteiger partial charge in [-0.3, -0.25) is 19.2 Å². The van der Waals surface area contributed by atoms with Crippen molar-refractivity contribution in [1.82, 2.24) is 0 Å². The van der Waals surface area contributed by atoms with E-state index in [1.54, 1.807) is 0 Å². The fourth-order valence-electron chi connectivity index (χ4n) is 2.81. The molecule has 0 aromatic carbocycles. The Kier molecular flexibility index (Phi) is 7.77. The van der Waals surface area contributed by atoms with Crippen LogP contribution in [0.3, 0.4) is 0 Å². The first kappa shape index (κ1) is 18.3. The third kappa shape index (κ3) is 6.83. The summed E-state index contributed by atoms with van der Waals surface area (Å²) in [6.45, 7) is 0. The molecule has 2 saturated carbocycles. The molecule has 0 radical (unpaired) electrons. The Morgan fingerprint density at radius 1 is 0.727 bits per heavy atom. The van der Waals surface area contributed by atoms with Gasteiger partial charge < -0.3 is 10.2 Å². The molecule has 0 heterocycles. The molecule has 22 heavy (non-hydrogen) atoms. The summed E-state index contributed by atoms with van der Waals surface area (Å²) in [7, 11) is 0. The summed E-state index contributed by atoms with van der Waals surface area (Å²) >= 11 is 0. The van der Waals surface area contributed by atoms with Gasteiger partial charge in [-0.1, -0.05) is 12.8 Å². The Bertz CT molecular complexity index is 388. The molecule has 6 heteroatoms. The molecule has 0 aliphatic heterocycles. The second kappa shape index (κ2) is 9.33. The van der Waals surface area contributed by atoms with Crippen LogP contribution < -0.4 is 0 Å². The van der Waals surface area contributed by atoms with Crippen molar-refractivity contribution < 1.29 is 29.4 Å². The van der Waals surface area contributed by atoms with Crippen molar-refractivity contribution in [3.05, 3.63) is 0 Å². The van der Waals surface area contributed by atoms with Crippen LogP contribution in [0.25, 0.3) is 0 Å². The monoisotopic (exact) mass is 312 g/mol. The first-order valence-electron chi connectivity index (χ1n) is 7.89. The molecule has 2 aliphatic rings. The van der Waals surface area contributed by atoms with Crippen molar-refractivity contribution in [3.63, 3.8) is 0 Å². The largest absolute Gasteiger partial charge is 0.481 e. The van der Waals surface area contributed by atoms with Crippen LogP contribution in [0.2, 0.25) is 0 Å². The molecule has 2 atom stereocenters. The van der Waals surface area contributed by atoms with E-state index in [-0.39, 0.29) is 24.4 Å². The van der Waals surface area contributed by atoms with Crippen LogP contribution in [0.5, 0.6) is 0 Å². The normalized spacial score (nSPS) is 26.2. The average Bonchev–Trinajstić information content (AvgIpc) is 2.79. The Morgan fingerprint density at radius 2 is 1.09 bits per heavy atom. The Labute approximate surface area is 129 Å². The van der Waals surface area contributed by atoms with Crippen LogP contribution in [0.4, 0.5) is 0 Å². The Hall–Kier alpha value is -1.72. The van der Waals surface area contributed by atoms with Crippen LogP contribution >= 0.6 is 0 Å². The van der Waals surface area contributed by atoms with E-state index in [1.165, 1.54) is 0 Å². The zero-order valence-electron chi connectivity index (χ0n) is 12.8. The van der Waals surface area contributed by atoms with Gasteiger partial charge in [0.15, 0.2) is 0 Å². The van der Waals surface area contributed by atoms with Gasteiger partial charge in [0.05, 0.1) is 11.8 Å². The van der Waals surface area contributed by atoms with Gasteiger partial charge in [0, 0.05) is 25.7 Å². The van der Waals surface area contributed by atoms with E-state index in [1.807, 2.05) is 0 Å². The quantitative estimate of drug-likeness (QED) is 0.758. The number of rotatable bonds is 2. The van der Waals surface area contributed by atoms with E-state index in [0.29, 0.717) is 25.7 Å². The summed E-state index contributed by atoms with van der Waals surface area (Å²) in [4.78, 5) is 42.9. The predicted molar refractivity (Wildman–Crippen MR) is 78.4 cm³/mol. The van der Waals surface area contributed by atoms with Gasteiger partial charge >= 0.3 is 11.9 Å². The third-order valence-corrected chi connectivity index (χ3v) is 4.16. The van der Waals surface area contributed by atoms with E-state index in [0.717, 1.165) is 25.7 Å². The van der Waals surface area contributed by atoms with Gasteiger partial charge in [0.25, 0.3) is 0 Å². The molecule has 0 bridgehead atoms. The molecule has 124 valence electrons. The lowest BCUT2D eigenvalue weighted by atomic mass is 10.0. The Morgan fingerprint density at radius 3 is 1.41 bits per heavy atom. The number of carboxylic acid groups (broad SMARTS) is 2. The lowest BCUT2D eigenvalue weighted by Gasteiger charge is -2.05. The summed E-state index contributed by atoms with van der Waals surface area (Å²) in [6.07, 6.45) is 6.46. The molecule has 0 saturated heterocycles. The first-order valence-corrected chi connectivity index (χ1v) is 7.89. The van der Waals surface area contributed by atoms with Crippen LogP contribution in [0.1, 0.15) is 64.2 Å². The molecule has 2 aliphatic carbocycles. The van der Waals surface area contributed by atoms with Crippen LogP contribution in [0, 0.1) is 11.8 Å². The molecule has 2 rings (SSSR count). The maximum atomic E-state index is 10.9. The number of carboxylic acids is 2. The standard InChI is InChI=1S/2C8H12O3/c2*9-7-4-2-1-3-6(5-7)8(10)11/h2*6H,1-5H2,(H,10,11). The molecule has 0 spiro atoms. The number of aliphatic carboxylic acids is 2. The minimum absolute atomic E-state index is 0.106. The van der Waals surface area contributed by atoms with Gasteiger partial charge in [-0.15, -0.1) is 0 Å².